The molecule has 1 aromatic rings. The van der Waals surface area contributed by atoms with Crippen molar-refractivity contribution in [1.29, 1.82) is 0 Å². The van der Waals surface area contributed by atoms with Crippen molar-refractivity contribution in [1.82, 2.24) is 4.90 Å². The molecule has 0 amide bonds. The largest absolute Gasteiger partial charge is 0.468 e. The molecule has 0 N–H and O–H groups in total. The molecule has 0 atom stereocenters. The number of hydrogen-bond acceptors (Lipinski definition) is 3. The number of carbonyl (C=O) groups excluding carboxylic acids is 1. The molecule has 1 aromatic carbocycles. The Morgan fingerprint density at radius 3 is 2.41 bits per heavy atom. The van der Waals surface area contributed by atoms with E-state index in [0.29, 0.717) is 12.6 Å². The first-order chi connectivity index (χ1) is 8.02. The second kappa shape index (κ2) is 6.96. The Labute approximate surface area is 116 Å². The van der Waals surface area contributed by atoms with Gasteiger partial charge in [0.05, 0.1) is 13.7 Å². The molecule has 1 rings (SSSR count). The predicted octanol–water partition coefficient (Wildman–Crippen LogP) is 2.67. The zero-order valence-electron chi connectivity index (χ0n) is 10.4. The maximum Gasteiger partial charge on any atom is 0.319 e. The molecule has 0 bridgehead atoms. The maximum absolute atomic E-state index is 11.3. The Morgan fingerprint density at radius 1 is 1.35 bits per heavy atom. The minimum Gasteiger partial charge on any atom is -0.468 e. The first kappa shape index (κ1) is 14.4. The van der Waals surface area contributed by atoms with Crippen LogP contribution in [0.15, 0.2) is 24.3 Å². The molecule has 0 spiro atoms. The van der Waals surface area contributed by atoms with Crippen molar-refractivity contribution >= 4 is 28.6 Å². The highest BCUT2D eigenvalue weighted by molar-refractivity contribution is 14.1. The summed E-state index contributed by atoms with van der Waals surface area (Å²) in [5.74, 6) is -0.191. The van der Waals surface area contributed by atoms with Crippen molar-refractivity contribution < 1.29 is 9.53 Å². The van der Waals surface area contributed by atoms with Crippen LogP contribution in [-0.4, -0.2) is 30.6 Å². The van der Waals surface area contributed by atoms with Gasteiger partial charge in [0.15, 0.2) is 0 Å². The van der Waals surface area contributed by atoms with Crippen LogP contribution in [0.4, 0.5) is 0 Å². The van der Waals surface area contributed by atoms with Gasteiger partial charge in [-0.25, -0.2) is 0 Å². The Morgan fingerprint density at radius 2 is 1.94 bits per heavy atom. The number of ether oxygens (including phenoxy) is 1. The number of hydrogen-bond donors (Lipinski definition) is 0. The normalized spacial score (nSPS) is 10.9. The summed E-state index contributed by atoms with van der Waals surface area (Å²) in [5, 5.41) is 0. The summed E-state index contributed by atoms with van der Waals surface area (Å²) in [6, 6.07) is 8.65. The Hall–Kier alpha value is -0.620. The van der Waals surface area contributed by atoms with Crippen LogP contribution in [0.5, 0.6) is 0 Å². The van der Waals surface area contributed by atoms with Crippen molar-refractivity contribution in [2.45, 2.75) is 26.4 Å². The molecule has 0 radical (unpaired) electrons. The highest BCUT2D eigenvalue weighted by atomic mass is 127. The maximum atomic E-state index is 11.3. The van der Waals surface area contributed by atoms with E-state index in [1.54, 1.807) is 0 Å². The second-order valence-electron chi connectivity index (χ2n) is 4.20. The molecular weight excluding hydrogens is 329 g/mol. The molecule has 0 aliphatic rings. The molecule has 0 fully saturated rings. The number of rotatable bonds is 5. The molecule has 0 unspecified atom stereocenters. The summed E-state index contributed by atoms with van der Waals surface area (Å²) in [7, 11) is 1.42. The summed E-state index contributed by atoms with van der Waals surface area (Å²) >= 11 is 2.28. The van der Waals surface area contributed by atoms with Gasteiger partial charge in [-0.05, 0) is 54.1 Å². The van der Waals surface area contributed by atoms with Crippen LogP contribution in [0.2, 0.25) is 0 Å². The van der Waals surface area contributed by atoms with E-state index in [9.17, 15) is 4.79 Å². The molecule has 0 saturated carbocycles. The fourth-order valence-electron chi connectivity index (χ4n) is 1.48. The van der Waals surface area contributed by atoms with Gasteiger partial charge in [-0.3, -0.25) is 9.69 Å². The van der Waals surface area contributed by atoms with Crippen LogP contribution in [-0.2, 0) is 16.1 Å². The van der Waals surface area contributed by atoms with Crippen molar-refractivity contribution in [3.63, 3.8) is 0 Å². The lowest BCUT2D eigenvalue weighted by atomic mass is 10.2. The van der Waals surface area contributed by atoms with Gasteiger partial charge in [0, 0.05) is 16.2 Å². The highest BCUT2D eigenvalue weighted by Gasteiger charge is 2.14. The standard InChI is InChI=1S/C13H18INO2/c1-10(2)15(9-13(16)17-3)8-11-4-6-12(14)7-5-11/h4-7,10H,8-9H2,1-3H3. The monoisotopic (exact) mass is 347 g/mol. The van der Waals surface area contributed by atoms with E-state index < -0.39 is 0 Å². The number of carbonyl (C=O) groups is 1. The quantitative estimate of drug-likeness (QED) is 0.606. The molecule has 0 heterocycles. The molecule has 17 heavy (non-hydrogen) atoms. The smallest absolute Gasteiger partial charge is 0.319 e. The van der Waals surface area contributed by atoms with Gasteiger partial charge in [-0.1, -0.05) is 12.1 Å². The molecule has 4 heteroatoms. The van der Waals surface area contributed by atoms with Crippen LogP contribution in [0.1, 0.15) is 19.4 Å². The van der Waals surface area contributed by atoms with Crippen LogP contribution < -0.4 is 0 Å². The Balaban J connectivity index is 2.66. The average Bonchev–Trinajstić information content (AvgIpc) is 2.30. The molecule has 0 aliphatic heterocycles. The summed E-state index contributed by atoms with van der Waals surface area (Å²) in [6.07, 6.45) is 0. The minimum atomic E-state index is -0.191. The van der Waals surface area contributed by atoms with Gasteiger partial charge < -0.3 is 4.74 Å². The summed E-state index contributed by atoms with van der Waals surface area (Å²) in [5.41, 5.74) is 1.21. The van der Waals surface area contributed by atoms with Crippen LogP contribution in [0.25, 0.3) is 0 Å². The molecule has 94 valence electrons. The fourth-order valence-corrected chi connectivity index (χ4v) is 1.84. The zero-order chi connectivity index (χ0) is 12.8. The topological polar surface area (TPSA) is 29.5 Å². The number of halogens is 1. The second-order valence-corrected chi connectivity index (χ2v) is 5.45. The van der Waals surface area contributed by atoms with Gasteiger partial charge in [-0.2, -0.15) is 0 Å². The molecular formula is C13H18INO2. The number of esters is 1. The minimum absolute atomic E-state index is 0.191. The molecule has 0 saturated heterocycles. The van der Waals surface area contributed by atoms with Gasteiger partial charge in [0.25, 0.3) is 0 Å². The van der Waals surface area contributed by atoms with E-state index in [0.717, 1.165) is 6.54 Å². The van der Waals surface area contributed by atoms with E-state index in [4.69, 9.17) is 4.74 Å². The van der Waals surface area contributed by atoms with Crippen LogP contribution in [0, 0.1) is 3.57 Å². The van der Waals surface area contributed by atoms with Crippen molar-refractivity contribution in [2.24, 2.45) is 0 Å². The number of methoxy groups -OCH3 is 1. The van der Waals surface area contributed by atoms with Gasteiger partial charge in [0.1, 0.15) is 0 Å². The van der Waals surface area contributed by atoms with E-state index in [-0.39, 0.29) is 5.97 Å². The third kappa shape index (κ3) is 5.04. The molecule has 3 nitrogen and oxygen atoms in total. The Bertz CT molecular complexity index is 362. The lowest BCUT2D eigenvalue weighted by Crippen LogP contribution is -2.35. The molecule has 0 aliphatic carbocycles. The van der Waals surface area contributed by atoms with Crippen molar-refractivity contribution in [3.05, 3.63) is 33.4 Å². The molecule has 0 aromatic heterocycles. The van der Waals surface area contributed by atoms with E-state index >= 15 is 0 Å². The number of benzene rings is 1. The number of nitrogens with zero attached hydrogens (tertiary/aromatic N) is 1. The lowest BCUT2D eigenvalue weighted by Gasteiger charge is -2.25. The Kier molecular flexibility index (Phi) is 5.91. The van der Waals surface area contributed by atoms with E-state index in [2.05, 4.69) is 65.6 Å². The summed E-state index contributed by atoms with van der Waals surface area (Å²) < 4.78 is 5.92. The van der Waals surface area contributed by atoms with E-state index in [1.165, 1.54) is 16.2 Å². The lowest BCUT2D eigenvalue weighted by molar-refractivity contribution is -0.142. The predicted molar refractivity (Wildman–Crippen MR) is 76.7 cm³/mol. The third-order valence-electron chi connectivity index (χ3n) is 2.59. The highest BCUT2D eigenvalue weighted by Crippen LogP contribution is 2.11. The van der Waals surface area contributed by atoms with Gasteiger partial charge >= 0.3 is 5.97 Å². The van der Waals surface area contributed by atoms with Crippen LogP contribution in [0.3, 0.4) is 0 Å². The van der Waals surface area contributed by atoms with Crippen molar-refractivity contribution in [2.75, 3.05) is 13.7 Å². The van der Waals surface area contributed by atoms with Gasteiger partial charge in [0.2, 0.25) is 0 Å². The van der Waals surface area contributed by atoms with Gasteiger partial charge in [-0.15, -0.1) is 0 Å². The third-order valence-corrected chi connectivity index (χ3v) is 3.31. The fraction of sp³-hybridized carbons (Fsp3) is 0.462. The summed E-state index contributed by atoms with van der Waals surface area (Å²) in [4.78, 5) is 13.4. The van der Waals surface area contributed by atoms with E-state index in [1.807, 2.05) is 0 Å². The average molecular weight is 347 g/mol. The SMILES string of the molecule is COC(=O)CN(Cc1ccc(I)cc1)C(C)C. The zero-order valence-corrected chi connectivity index (χ0v) is 12.6. The summed E-state index contributed by atoms with van der Waals surface area (Å²) in [6.45, 7) is 5.26. The van der Waals surface area contributed by atoms with Crippen LogP contribution >= 0.6 is 22.6 Å². The van der Waals surface area contributed by atoms with Crippen molar-refractivity contribution in [3.8, 4) is 0 Å². The first-order valence-corrected chi connectivity index (χ1v) is 6.66. The first-order valence-electron chi connectivity index (χ1n) is 5.58.